The number of thioether (sulfide) groups is 1. The molecule has 76 valence electrons. The molecule has 2 heterocycles. The molecule has 0 spiro atoms. The third-order valence-corrected chi connectivity index (χ3v) is 3.46. The highest BCUT2D eigenvalue weighted by Crippen LogP contribution is 2.26. The van der Waals surface area contributed by atoms with Gasteiger partial charge in [0.05, 0.1) is 17.8 Å². The Bertz CT molecular complexity index is 331. The summed E-state index contributed by atoms with van der Waals surface area (Å²) >= 11 is 1.95. The summed E-state index contributed by atoms with van der Waals surface area (Å²) in [6.45, 7) is 0. The van der Waals surface area contributed by atoms with Crippen LogP contribution in [0, 0.1) is 0 Å². The van der Waals surface area contributed by atoms with Crippen molar-refractivity contribution in [3.05, 3.63) is 18.0 Å². The minimum Gasteiger partial charge on any atom is -0.478 e. The fraction of sp³-hybridized carbons (Fsp3) is 0.556. The molecule has 2 rings (SSSR count). The maximum absolute atomic E-state index is 10.6. The Hall–Kier alpha value is -0.970. The van der Waals surface area contributed by atoms with Crippen molar-refractivity contribution in [2.24, 2.45) is 0 Å². The molecule has 1 saturated heterocycles. The van der Waals surface area contributed by atoms with E-state index in [1.807, 2.05) is 11.8 Å². The summed E-state index contributed by atoms with van der Waals surface area (Å²) in [5.74, 6) is 1.39. The van der Waals surface area contributed by atoms with Crippen LogP contribution in [0.5, 0.6) is 0 Å². The van der Waals surface area contributed by atoms with Crippen molar-refractivity contribution < 1.29 is 9.90 Å². The quantitative estimate of drug-likeness (QED) is 0.809. The standard InChI is InChI=1S/C9H12N2O2S/c12-9(13)7-5-10-11(6-7)8-1-3-14-4-2-8/h5-6,8H,1-4H2,(H,12,13). The highest BCUT2D eigenvalue weighted by molar-refractivity contribution is 7.99. The van der Waals surface area contributed by atoms with Crippen molar-refractivity contribution in [2.45, 2.75) is 18.9 Å². The number of hydrogen-bond acceptors (Lipinski definition) is 3. The van der Waals surface area contributed by atoms with Crippen LogP contribution < -0.4 is 0 Å². The van der Waals surface area contributed by atoms with Gasteiger partial charge in [0.2, 0.25) is 0 Å². The molecule has 1 aromatic heterocycles. The van der Waals surface area contributed by atoms with E-state index >= 15 is 0 Å². The highest BCUT2D eigenvalue weighted by atomic mass is 32.2. The summed E-state index contributed by atoms with van der Waals surface area (Å²) in [6, 6.07) is 0.393. The van der Waals surface area contributed by atoms with Crippen molar-refractivity contribution in [2.75, 3.05) is 11.5 Å². The zero-order valence-corrected chi connectivity index (χ0v) is 8.54. The molecule has 1 fully saturated rings. The summed E-state index contributed by atoms with van der Waals surface area (Å²) in [6.07, 6.45) is 5.23. The number of hydrogen-bond donors (Lipinski definition) is 1. The predicted octanol–water partition coefficient (Wildman–Crippen LogP) is 1.65. The van der Waals surface area contributed by atoms with Gasteiger partial charge in [-0.15, -0.1) is 0 Å². The Morgan fingerprint density at radius 1 is 1.57 bits per heavy atom. The monoisotopic (exact) mass is 212 g/mol. The van der Waals surface area contributed by atoms with Crippen LogP contribution in [-0.2, 0) is 0 Å². The Labute approximate surface area is 86.3 Å². The Morgan fingerprint density at radius 3 is 2.86 bits per heavy atom. The van der Waals surface area contributed by atoms with Crippen LogP contribution in [0.2, 0.25) is 0 Å². The second-order valence-electron chi connectivity index (χ2n) is 3.36. The Kier molecular flexibility index (Phi) is 2.77. The summed E-state index contributed by atoms with van der Waals surface area (Å²) in [7, 11) is 0. The third kappa shape index (κ3) is 1.92. The largest absolute Gasteiger partial charge is 0.478 e. The second-order valence-corrected chi connectivity index (χ2v) is 4.58. The molecule has 0 radical (unpaired) electrons. The number of aromatic nitrogens is 2. The van der Waals surface area contributed by atoms with Crippen LogP contribution in [-0.4, -0.2) is 32.4 Å². The molecule has 5 heteroatoms. The molecule has 1 aliphatic heterocycles. The zero-order chi connectivity index (χ0) is 9.97. The van der Waals surface area contributed by atoms with Crippen molar-refractivity contribution in [1.29, 1.82) is 0 Å². The molecule has 14 heavy (non-hydrogen) atoms. The van der Waals surface area contributed by atoms with Gasteiger partial charge in [-0.2, -0.15) is 16.9 Å². The molecular weight excluding hydrogens is 200 g/mol. The van der Waals surface area contributed by atoms with Gasteiger partial charge in [-0.3, -0.25) is 4.68 Å². The van der Waals surface area contributed by atoms with E-state index in [4.69, 9.17) is 5.11 Å². The van der Waals surface area contributed by atoms with Crippen molar-refractivity contribution >= 4 is 17.7 Å². The first-order chi connectivity index (χ1) is 6.77. The molecule has 0 bridgehead atoms. The topological polar surface area (TPSA) is 55.1 Å². The SMILES string of the molecule is O=C(O)c1cnn(C2CCSCC2)c1. The normalized spacial score (nSPS) is 18.3. The molecule has 0 atom stereocenters. The lowest BCUT2D eigenvalue weighted by Crippen LogP contribution is -2.15. The molecule has 0 unspecified atom stereocenters. The van der Waals surface area contributed by atoms with Crippen molar-refractivity contribution in [3.8, 4) is 0 Å². The van der Waals surface area contributed by atoms with Gasteiger partial charge in [-0.25, -0.2) is 4.79 Å². The lowest BCUT2D eigenvalue weighted by molar-refractivity contribution is 0.0696. The van der Waals surface area contributed by atoms with Crippen LogP contribution in [0.1, 0.15) is 29.2 Å². The van der Waals surface area contributed by atoms with Gasteiger partial charge in [0.25, 0.3) is 0 Å². The molecule has 0 saturated carbocycles. The van der Waals surface area contributed by atoms with Crippen molar-refractivity contribution in [1.82, 2.24) is 9.78 Å². The van der Waals surface area contributed by atoms with Crippen molar-refractivity contribution in [3.63, 3.8) is 0 Å². The molecular formula is C9H12N2O2S. The number of rotatable bonds is 2. The van der Waals surface area contributed by atoms with Crippen LogP contribution >= 0.6 is 11.8 Å². The van der Waals surface area contributed by atoms with E-state index in [2.05, 4.69) is 5.10 Å². The van der Waals surface area contributed by atoms with Gasteiger partial charge >= 0.3 is 5.97 Å². The van der Waals surface area contributed by atoms with E-state index in [-0.39, 0.29) is 5.56 Å². The third-order valence-electron chi connectivity index (χ3n) is 2.41. The van der Waals surface area contributed by atoms with Gasteiger partial charge in [-0.1, -0.05) is 0 Å². The van der Waals surface area contributed by atoms with Crippen LogP contribution in [0.4, 0.5) is 0 Å². The van der Waals surface area contributed by atoms with Crippen LogP contribution in [0.25, 0.3) is 0 Å². The molecule has 4 nitrogen and oxygen atoms in total. The number of nitrogens with zero attached hydrogens (tertiary/aromatic N) is 2. The van der Waals surface area contributed by atoms with Gasteiger partial charge < -0.3 is 5.11 Å². The van der Waals surface area contributed by atoms with E-state index in [1.165, 1.54) is 6.20 Å². The zero-order valence-electron chi connectivity index (χ0n) is 7.72. The Morgan fingerprint density at radius 2 is 2.29 bits per heavy atom. The van der Waals surface area contributed by atoms with E-state index < -0.39 is 5.97 Å². The van der Waals surface area contributed by atoms with Gasteiger partial charge in [0.15, 0.2) is 0 Å². The first-order valence-electron chi connectivity index (χ1n) is 4.62. The molecule has 0 aliphatic carbocycles. The van der Waals surface area contributed by atoms with Crippen LogP contribution in [0.15, 0.2) is 12.4 Å². The summed E-state index contributed by atoms with van der Waals surface area (Å²) in [5.41, 5.74) is 0.281. The first kappa shape index (κ1) is 9.58. The number of carboxylic acids is 1. The fourth-order valence-electron chi connectivity index (χ4n) is 1.60. The maximum Gasteiger partial charge on any atom is 0.338 e. The first-order valence-corrected chi connectivity index (χ1v) is 5.78. The minimum atomic E-state index is -0.901. The fourth-order valence-corrected chi connectivity index (χ4v) is 2.68. The molecule has 1 aromatic rings. The van der Waals surface area contributed by atoms with E-state index in [9.17, 15) is 4.79 Å². The van der Waals surface area contributed by atoms with Gasteiger partial charge in [-0.05, 0) is 24.3 Å². The highest BCUT2D eigenvalue weighted by Gasteiger charge is 2.17. The predicted molar refractivity (Wildman–Crippen MR) is 54.8 cm³/mol. The summed E-state index contributed by atoms with van der Waals surface area (Å²) < 4.78 is 1.79. The Balaban J connectivity index is 2.11. The van der Waals surface area contributed by atoms with Gasteiger partial charge in [0.1, 0.15) is 0 Å². The number of carboxylic acid groups (broad SMARTS) is 1. The molecule has 1 aliphatic rings. The average Bonchev–Trinajstić information content (AvgIpc) is 2.68. The molecule has 0 amide bonds. The minimum absolute atomic E-state index is 0.281. The van der Waals surface area contributed by atoms with Crippen LogP contribution in [0.3, 0.4) is 0 Å². The maximum atomic E-state index is 10.6. The summed E-state index contributed by atoms with van der Waals surface area (Å²) in [5, 5.41) is 12.8. The summed E-state index contributed by atoms with van der Waals surface area (Å²) in [4.78, 5) is 10.6. The van der Waals surface area contributed by atoms with E-state index in [0.717, 1.165) is 24.3 Å². The number of carbonyl (C=O) groups is 1. The average molecular weight is 212 g/mol. The second kappa shape index (κ2) is 4.04. The van der Waals surface area contributed by atoms with E-state index in [1.54, 1.807) is 10.9 Å². The smallest absolute Gasteiger partial charge is 0.338 e. The molecule has 0 aromatic carbocycles. The van der Waals surface area contributed by atoms with E-state index in [0.29, 0.717) is 6.04 Å². The number of aromatic carboxylic acids is 1. The lowest BCUT2D eigenvalue weighted by Gasteiger charge is -2.21. The molecule has 1 N–H and O–H groups in total. The lowest BCUT2D eigenvalue weighted by atomic mass is 10.2. The van der Waals surface area contributed by atoms with Gasteiger partial charge in [0, 0.05) is 6.20 Å².